The van der Waals surface area contributed by atoms with Gasteiger partial charge in [-0.15, -0.1) is 0 Å². The number of rotatable bonds is 8. The fourth-order valence-electron chi connectivity index (χ4n) is 8.24. The van der Waals surface area contributed by atoms with Crippen LogP contribution < -0.4 is 81.4 Å². The quantitative estimate of drug-likeness (QED) is 0.205. The Balaban J connectivity index is 0.000000194. The zero-order chi connectivity index (χ0) is 33.9. The molecule has 0 heterocycles. The molecule has 0 aromatic heterocycles. The molecule has 0 saturated carbocycles. The fourth-order valence-corrected chi connectivity index (χ4v) is 8.24. The van der Waals surface area contributed by atoms with Crippen LogP contribution in [0.25, 0.3) is 0 Å². The summed E-state index contributed by atoms with van der Waals surface area (Å²) in [5, 5.41) is 0. The van der Waals surface area contributed by atoms with Crippen molar-refractivity contribution in [1.82, 2.24) is 0 Å². The monoisotopic (exact) mass is 652 g/mol. The third-order valence-corrected chi connectivity index (χ3v) is 10.4. The van der Waals surface area contributed by atoms with E-state index >= 15 is 0 Å². The number of hydrogen-bond acceptors (Lipinski definition) is 0. The summed E-state index contributed by atoms with van der Waals surface area (Å²) in [4.78, 5) is 0. The molecule has 8 aromatic rings. The van der Waals surface area contributed by atoms with Crippen LogP contribution in [0.2, 0.25) is 0 Å². The molecule has 0 aliphatic heterocycles. The van der Waals surface area contributed by atoms with Gasteiger partial charge < -0.3 is 0 Å². The summed E-state index contributed by atoms with van der Waals surface area (Å²) in [7, 11) is 0. The van der Waals surface area contributed by atoms with Gasteiger partial charge in [-0.2, -0.15) is 43.7 Å². The van der Waals surface area contributed by atoms with Crippen molar-refractivity contribution < 1.29 is 37.7 Å². The molecular formula is C48H40B2Li2. The minimum Gasteiger partial charge on any atom is -0.195 e. The minimum atomic E-state index is -1.22. The molecule has 52 heavy (non-hydrogen) atoms. The van der Waals surface area contributed by atoms with Gasteiger partial charge >= 0.3 is 37.7 Å². The maximum absolute atomic E-state index is 2.26. The molecule has 0 atom stereocenters. The van der Waals surface area contributed by atoms with Crippen LogP contribution in [0.1, 0.15) is 0 Å². The van der Waals surface area contributed by atoms with E-state index in [-0.39, 0.29) is 37.7 Å². The van der Waals surface area contributed by atoms with Gasteiger partial charge in [-0.3, -0.25) is 0 Å². The van der Waals surface area contributed by atoms with Crippen molar-refractivity contribution in [3.63, 3.8) is 0 Å². The third kappa shape index (κ3) is 7.64. The van der Waals surface area contributed by atoms with Crippen molar-refractivity contribution >= 4 is 56.0 Å². The van der Waals surface area contributed by atoms with E-state index in [1.165, 1.54) is 43.7 Å². The summed E-state index contributed by atoms with van der Waals surface area (Å²) < 4.78 is 0. The van der Waals surface area contributed by atoms with Crippen LogP contribution in [-0.4, -0.2) is 12.3 Å². The Morgan fingerprint density at radius 2 is 0.250 bits per heavy atom. The molecule has 0 N–H and O–H groups in total. The van der Waals surface area contributed by atoms with E-state index in [0.717, 1.165) is 0 Å². The Kier molecular flexibility index (Phi) is 13.7. The molecule has 4 heteroatoms. The van der Waals surface area contributed by atoms with Crippen LogP contribution in [0.15, 0.2) is 243 Å². The standard InChI is InChI=1S/2C24H20B.2Li/c2*1-5-13-21(14-6-1)25(22-15-7-2-8-16-22,23-17-9-3-10-18-23)24-19-11-4-12-20-24;;/h2*1-20H;;/q2*-1;2*+1. The predicted octanol–water partition coefficient (Wildman–Crippen LogP) is 0.136. The maximum Gasteiger partial charge on any atom is 1.00 e. The first-order valence-electron chi connectivity index (χ1n) is 17.6. The first kappa shape index (κ1) is 38.3. The molecule has 0 aliphatic carbocycles. The van der Waals surface area contributed by atoms with E-state index in [1.54, 1.807) is 0 Å². The minimum absolute atomic E-state index is 0. The van der Waals surface area contributed by atoms with Gasteiger partial charge in [-0.1, -0.05) is 243 Å². The number of benzene rings is 8. The summed E-state index contributed by atoms with van der Waals surface area (Å²) >= 11 is 0. The molecule has 0 nitrogen and oxygen atoms in total. The van der Waals surface area contributed by atoms with E-state index in [4.69, 9.17) is 0 Å². The molecule has 8 rings (SSSR count). The Morgan fingerprint density at radius 1 is 0.154 bits per heavy atom. The fraction of sp³-hybridized carbons (Fsp3) is 0. The van der Waals surface area contributed by atoms with Crippen molar-refractivity contribution in [2.45, 2.75) is 0 Å². The third-order valence-electron chi connectivity index (χ3n) is 10.4. The number of hydrogen-bond donors (Lipinski definition) is 0. The zero-order valence-electron chi connectivity index (χ0n) is 30.2. The zero-order valence-corrected chi connectivity index (χ0v) is 30.2. The first-order chi connectivity index (χ1) is 24.8. The van der Waals surface area contributed by atoms with Crippen molar-refractivity contribution in [1.29, 1.82) is 0 Å². The SMILES string of the molecule is [Li+].[Li+].c1ccc([B-](c2ccccc2)(c2ccccc2)c2ccccc2)cc1.c1ccc([B-](c2ccccc2)(c2ccccc2)c2ccccc2)cc1. The van der Waals surface area contributed by atoms with Crippen LogP contribution in [0.4, 0.5) is 0 Å². The average Bonchev–Trinajstić information content (AvgIpc) is 3.22. The van der Waals surface area contributed by atoms with Gasteiger partial charge in [0.15, 0.2) is 0 Å². The first-order valence-corrected chi connectivity index (χ1v) is 17.6. The normalized spacial score (nSPS) is 10.8. The van der Waals surface area contributed by atoms with E-state index in [2.05, 4.69) is 243 Å². The Bertz CT molecular complexity index is 1680. The van der Waals surface area contributed by atoms with Crippen LogP contribution in [-0.2, 0) is 0 Å². The topological polar surface area (TPSA) is 0 Å². The second kappa shape index (κ2) is 18.5. The maximum atomic E-state index is 2.26. The average molecular weight is 652 g/mol. The van der Waals surface area contributed by atoms with E-state index in [0.29, 0.717) is 0 Å². The van der Waals surface area contributed by atoms with Crippen LogP contribution in [0, 0.1) is 0 Å². The van der Waals surface area contributed by atoms with E-state index in [9.17, 15) is 0 Å². The van der Waals surface area contributed by atoms with Crippen LogP contribution in [0.5, 0.6) is 0 Å². The molecule has 0 unspecified atom stereocenters. The van der Waals surface area contributed by atoms with Crippen molar-refractivity contribution in [3.05, 3.63) is 243 Å². The summed E-state index contributed by atoms with van der Waals surface area (Å²) in [6, 6.07) is 87.1. The van der Waals surface area contributed by atoms with Gasteiger partial charge in [0.2, 0.25) is 0 Å². The van der Waals surface area contributed by atoms with Crippen molar-refractivity contribution in [3.8, 4) is 0 Å². The second-order valence-corrected chi connectivity index (χ2v) is 13.0. The molecular weight excluding hydrogens is 612 g/mol. The van der Waals surface area contributed by atoms with Gasteiger partial charge in [0.05, 0.1) is 0 Å². The van der Waals surface area contributed by atoms with E-state index < -0.39 is 12.3 Å². The summed E-state index contributed by atoms with van der Waals surface area (Å²) in [5.41, 5.74) is 10.7. The van der Waals surface area contributed by atoms with E-state index in [1.807, 2.05) is 0 Å². The second-order valence-electron chi connectivity index (χ2n) is 13.0. The molecule has 0 bridgehead atoms. The molecule has 0 spiro atoms. The van der Waals surface area contributed by atoms with Crippen molar-refractivity contribution in [2.75, 3.05) is 0 Å². The van der Waals surface area contributed by atoms with Gasteiger partial charge in [0.1, 0.15) is 12.3 Å². The van der Waals surface area contributed by atoms with Crippen LogP contribution >= 0.6 is 0 Å². The molecule has 0 radical (unpaired) electrons. The Morgan fingerprint density at radius 3 is 0.346 bits per heavy atom. The molecule has 0 aliphatic rings. The van der Waals surface area contributed by atoms with Gasteiger partial charge in [0, 0.05) is 0 Å². The smallest absolute Gasteiger partial charge is 0.195 e. The molecule has 0 amide bonds. The Hall–Kier alpha value is -4.92. The largest absolute Gasteiger partial charge is 1.00 e. The summed E-state index contributed by atoms with van der Waals surface area (Å²) in [5.74, 6) is 0. The molecule has 240 valence electrons. The molecule has 0 saturated heterocycles. The van der Waals surface area contributed by atoms with Crippen molar-refractivity contribution in [2.24, 2.45) is 0 Å². The van der Waals surface area contributed by atoms with Gasteiger partial charge in [0.25, 0.3) is 0 Å². The molecule has 8 aromatic carbocycles. The molecule has 0 fully saturated rings. The Labute approximate surface area is 334 Å². The van der Waals surface area contributed by atoms with Gasteiger partial charge in [-0.25, -0.2) is 0 Å². The van der Waals surface area contributed by atoms with Crippen LogP contribution in [0.3, 0.4) is 0 Å². The predicted molar refractivity (Wildman–Crippen MR) is 220 cm³/mol. The summed E-state index contributed by atoms with van der Waals surface area (Å²) in [6.07, 6.45) is -2.43. The summed E-state index contributed by atoms with van der Waals surface area (Å²) in [6.45, 7) is 0. The van der Waals surface area contributed by atoms with Gasteiger partial charge in [-0.05, 0) is 0 Å².